The van der Waals surface area contributed by atoms with Crippen LogP contribution in [0.3, 0.4) is 0 Å². The molecule has 21 heavy (non-hydrogen) atoms. The predicted octanol–water partition coefficient (Wildman–Crippen LogP) is 2.17. The van der Waals surface area contributed by atoms with Crippen LogP contribution in [0.4, 0.5) is 4.79 Å². The maximum absolute atomic E-state index is 11.9. The van der Waals surface area contributed by atoms with Crippen LogP contribution in [-0.4, -0.2) is 31.1 Å². The zero-order chi connectivity index (χ0) is 14.5. The van der Waals surface area contributed by atoms with Crippen LogP contribution in [0.15, 0.2) is 30.3 Å². The minimum atomic E-state index is -0.362. The average molecular weight is 290 g/mol. The van der Waals surface area contributed by atoms with Gasteiger partial charge in [0.1, 0.15) is 0 Å². The summed E-state index contributed by atoms with van der Waals surface area (Å²) in [5.74, 6) is -0.362. The molecule has 1 saturated heterocycles. The fourth-order valence-corrected chi connectivity index (χ4v) is 3.00. The summed E-state index contributed by atoms with van der Waals surface area (Å²) in [4.78, 5) is 11.9. The van der Waals surface area contributed by atoms with Gasteiger partial charge < -0.3 is 20.1 Å². The smallest absolute Gasteiger partial charge is 0.315 e. The van der Waals surface area contributed by atoms with Crippen LogP contribution in [0.1, 0.15) is 31.2 Å². The van der Waals surface area contributed by atoms with Gasteiger partial charge in [-0.2, -0.15) is 0 Å². The van der Waals surface area contributed by atoms with Crippen molar-refractivity contribution in [2.45, 2.75) is 44.1 Å². The summed E-state index contributed by atoms with van der Waals surface area (Å²) in [7, 11) is 0. The molecular weight excluding hydrogens is 268 g/mol. The third-order valence-corrected chi connectivity index (χ3v) is 4.19. The van der Waals surface area contributed by atoms with Crippen molar-refractivity contribution in [3.8, 4) is 0 Å². The van der Waals surface area contributed by atoms with Gasteiger partial charge in [0.05, 0.1) is 13.2 Å². The molecule has 3 rings (SSSR count). The van der Waals surface area contributed by atoms with E-state index in [1.54, 1.807) is 0 Å². The fourth-order valence-electron chi connectivity index (χ4n) is 3.00. The molecular formula is C16H22N2O3. The van der Waals surface area contributed by atoms with E-state index >= 15 is 0 Å². The highest BCUT2D eigenvalue weighted by Gasteiger charge is 2.40. The minimum Gasteiger partial charge on any atom is -0.348 e. The third kappa shape index (κ3) is 3.74. The Labute approximate surface area is 125 Å². The fraction of sp³-hybridized carbons (Fsp3) is 0.562. The second-order valence-corrected chi connectivity index (χ2v) is 5.69. The summed E-state index contributed by atoms with van der Waals surface area (Å²) in [5.41, 5.74) is 1.10. The lowest BCUT2D eigenvalue weighted by Crippen LogP contribution is -2.47. The van der Waals surface area contributed by atoms with Gasteiger partial charge in [-0.15, -0.1) is 0 Å². The SMILES string of the molecule is O=C(NCc1ccccc1)NC1CCC2(CC1)OCCO2. The molecule has 1 saturated carbocycles. The number of carbonyl (C=O) groups is 1. The molecule has 2 N–H and O–H groups in total. The van der Waals surface area contributed by atoms with E-state index in [4.69, 9.17) is 9.47 Å². The lowest BCUT2D eigenvalue weighted by atomic mass is 9.90. The largest absolute Gasteiger partial charge is 0.348 e. The Morgan fingerprint density at radius 1 is 1.14 bits per heavy atom. The van der Waals surface area contributed by atoms with Crippen LogP contribution in [0.5, 0.6) is 0 Å². The summed E-state index contributed by atoms with van der Waals surface area (Å²) in [6.45, 7) is 1.93. The Morgan fingerprint density at radius 3 is 2.48 bits per heavy atom. The van der Waals surface area contributed by atoms with Gasteiger partial charge >= 0.3 is 6.03 Å². The Morgan fingerprint density at radius 2 is 1.81 bits per heavy atom. The van der Waals surface area contributed by atoms with Gasteiger partial charge in [0.15, 0.2) is 5.79 Å². The van der Waals surface area contributed by atoms with Crippen LogP contribution < -0.4 is 10.6 Å². The Bertz CT molecular complexity index is 462. The highest BCUT2D eigenvalue weighted by molar-refractivity contribution is 5.74. The first-order chi connectivity index (χ1) is 10.3. The molecule has 5 nitrogen and oxygen atoms in total. The van der Waals surface area contributed by atoms with Gasteiger partial charge in [-0.25, -0.2) is 4.79 Å². The number of hydrogen-bond donors (Lipinski definition) is 2. The molecule has 1 spiro atoms. The first-order valence-corrected chi connectivity index (χ1v) is 7.62. The van der Waals surface area contributed by atoms with Gasteiger partial charge in [-0.3, -0.25) is 0 Å². The number of benzene rings is 1. The number of carbonyl (C=O) groups excluding carboxylic acids is 1. The highest BCUT2D eigenvalue weighted by atomic mass is 16.7. The van der Waals surface area contributed by atoms with E-state index < -0.39 is 0 Å². The molecule has 2 amide bonds. The predicted molar refractivity (Wildman–Crippen MR) is 78.7 cm³/mol. The first-order valence-electron chi connectivity index (χ1n) is 7.62. The average Bonchev–Trinajstić information content (AvgIpc) is 2.97. The van der Waals surface area contributed by atoms with Crippen LogP contribution >= 0.6 is 0 Å². The van der Waals surface area contributed by atoms with Crippen molar-refractivity contribution in [2.24, 2.45) is 0 Å². The van der Waals surface area contributed by atoms with Crippen molar-refractivity contribution >= 4 is 6.03 Å². The second-order valence-electron chi connectivity index (χ2n) is 5.69. The second kappa shape index (κ2) is 6.45. The molecule has 2 fully saturated rings. The van der Waals surface area contributed by atoms with Gasteiger partial charge in [0.25, 0.3) is 0 Å². The van der Waals surface area contributed by atoms with Crippen LogP contribution in [-0.2, 0) is 16.0 Å². The van der Waals surface area contributed by atoms with Gasteiger partial charge in [-0.05, 0) is 18.4 Å². The van der Waals surface area contributed by atoms with E-state index in [-0.39, 0.29) is 17.9 Å². The molecule has 1 aromatic rings. The number of nitrogens with one attached hydrogen (secondary N) is 2. The zero-order valence-corrected chi connectivity index (χ0v) is 12.1. The van der Waals surface area contributed by atoms with Crippen LogP contribution in [0, 0.1) is 0 Å². The summed E-state index contributed by atoms with van der Waals surface area (Å²) in [6, 6.07) is 10.0. The van der Waals surface area contributed by atoms with E-state index in [9.17, 15) is 4.79 Å². The molecule has 0 bridgehead atoms. The topological polar surface area (TPSA) is 59.6 Å². The van der Waals surface area contributed by atoms with Crippen molar-refractivity contribution < 1.29 is 14.3 Å². The number of hydrogen-bond acceptors (Lipinski definition) is 3. The van der Waals surface area contributed by atoms with E-state index in [1.807, 2.05) is 30.3 Å². The van der Waals surface area contributed by atoms with Gasteiger partial charge in [0.2, 0.25) is 0 Å². The highest BCUT2D eigenvalue weighted by Crippen LogP contribution is 2.35. The van der Waals surface area contributed by atoms with E-state index in [2.05, 4.69) is 10.6 Å². The normalized spacial score (nSPS) is 21.3. The van der Waals surface area contributed by atoms with Crippen molar-refractivity contribution in [2.75, 3.05) is 13.2 Å². The van der Waals surface area contributed by atoms with Crippen LogP contribution in [0.2, 0.25) is 0 Å². The van der Waals surface area contributed by atoms with Crippen molar-refractivity contribution in [3.63, 3.8) is 0 Å². The maximum Gasteiger partial charge on any atom is 0.315 e. The number of rotatable bonds is 3. The Balaban J connectivity index is 1.40. The summed E-state index contributed by atoms with van der Waals surface area (Å²) < 4.78 is 11.4. The van der Waals surface area contributed by atoms with Crippen LogP contribution in [0.25, 0.3) is 0 Å². The third-order valence-electron chi connectivity index (χ3n) is 4.19. The lowest BCUT2D eigenvalue weighted by molar-refractivity contribution is -0.179. The Kier molecular flexibility index (Phi) is 4.41. The molecule has 2 aliphatic rings. The van der Waals surface area contributed by atoms with E-state index in [0.29, 0.717) is 19.8 Å². The summed E-state index contributed by atoms with van der Waals surface area (Å²) >= 11 is 0. The Hall–Kier alpha value is -1.59. The number of urea groups is 1. The standard InChI is InChI=1S/C16H22N2O3/c19-15(17-12-13-4-2-1-3-5-13)18-14-6-8-16(9-7-14)20-10-11-21-16/h1-5,14H,6-12H2,(H2,17,18,19). The molecule has 1 aliphatic carbocycles. The molecule has 0 unspecified atom stereocenters. The summed E-state index contributed by atoms with van der Waals surface area (Å²) in [6.07, 6.45) is 3.52. The molecule has 5 heteroatoms. The molecule has 0 atom stereocenters. The zero-order valence-electron chi connectivity index (χ0n) is 12.1. The van der Waals surface area contributed by atoms with Gasteiger partial charge in [-0.1, -0.05) is 30.3 Å². The number of amides is 2. The lowest BCUT2D eigenvalue weighted by Gasteiger charge is -2.35. The molecule has 1 aliphatic heterocycles. The number of ether oxygens (including phenoxy) is 2. The maximum atomic E-state index is 11.9. The molecule has 0 radical (unpaired) electrons. The molecule has 0 aromatic heterocycles. The monoisotopic (exact) mass is 290 g/mol. The molecule has 1 aromatic carbocycles. The molecule has 114 valence electrons. The quantitative estimate of drug-likeness (QED) is 0.897. The minimum absolute atomic E-state index is 0.104. The first kappa shape index (κ1) is 14.4. The van der Waals surface area contributed by atoms with E-state index in [0.717, 1.165) is 31.2 Å². The molecule has 1 heterocycles. The van der Waals surface area contributed by atoms with Gasteiger partial charge in [0, 0.05) is 25.4 Å². The van der Waals surface area contributed by atoms with E-state index in [1.165, 1.54) is 0 Å². The van der Waals surface area contributed by atoms with Crippen molar-refractivity contribution in [1.29, 1.82) is 0 Å². The summed E-state index contributed by atoms with van der Waals surface area (Å²) in [5, 5.41) is 5.93. The van der Waals surface area contributed by atoms with Crippen molar-refractivity contribution in [1.82, 2.24) is 10.6 Å². The van der Waals surface area contributed by atoms with Crippen molar-refractivity contribution in [3.05, 3.63) is 35.9 Å².